The maximum absolute atomic E-state index is 13.9. The molecule has 0 bridgehead atoms. The molecule has 3 aromatic rings. The molecule has 0 aromatic heterocycles. The van der Waals surface area contributed by atoms with E-state index in [9.17, 15) is 14.0 Å². The molecule has 1 N–H and O–H groups in total. The number of amides is 3. The van der Waals surface area contributed by atoms with E-state index in [1.165, 1.54) is 11.0 Å². The summed E-state index contributed by atoms with van der Waals surface area (Å²) in [6.07, 6.45) is 1.60. The third-order valence-corrected chi connectivity index (χ3v) is 5.31. The number of aryl methyl sites for hydroxylation is 1. The molecule has 0 spiro atoms. The molecule has 7 heteroatoms. The summed E-state index contributed by atoms with van der Waals surface area (Å²) in [6, 6.07) is 18.8. The van der Waals surface area contributed by atoms with Gasteiger partial charge >= 0.3 is 6.03 Å². The average Bonchev–Trinajstić information content (AvgIpc) is 3.07. The van der Waals surface area contributed by atoms with Crippen LogP contribution in [0.4, 0.5) is 9.18 Å². The molecule has 1 heterocycles. The number of hydrogen-bond donors (Lipinski definition) is 1. The largest absolute Gasteiger partial charge is 0.490 e. The molecule has 174 valence electrons. The van der Waals surface area contributed by atoms with Gasteiger partial charge in [-0.15, -0.1) is 0 Å². The number of nitrogens with one attached hydrogen (secondary N) is 1. The van der Waals surface area contributed by atoms with Crippen LogP contribution in [-0.4, -0.2) is 23.4 Å². The normalized spacial score (nSPS) is 14.4. The second-order valence-electron chi connectivity index (χ2n) is 7.89. The van der Waals surface area contributed by atoms with E-state index in [0.29, 0.717) is 29.2 Å². The molecule has 0 aliphatic carbocycles. The van der Waals surface area contributed by atoms with Crippen molar-refractivity contribution in [3.05, 3.63) is 100 Å². The quantitative estimate of drug-likeness (QED) is 0.370. The number of imide groups is 1. The smallest absolute Gasteiger partial charge is 0.329 e. The minimum Gasteiger partial charge on any atom is -0.490 e. The number of rotatable bonds is 8. The number of ether oxygens (including phenoxy) is 2. The number of benzene rings is 3. The average molecular weight is 461 g/mol. The van der Waals surface area contributed by atoms with Crippen molar-refractivity contribution >= 4 is 18.0 Å². The zero-order valence-electron chi connectivity index (χ0n) is 19.0. The van der Waals surface area contributed by atoms with Gasteiger partial charge in [0, 0.05) is 5.56 Å². The second kappa shape index (κ2) is 10.2. The van der Waals surface area contributed by atoms with Gasteiger partial charge in [-0.05, 0) is 49.2 Å². The molecule has 1 aliphatic rings. The Morgan fingerprint density at radius 3 is 2.56 bits per heavy atom. The standard InChI is InChI=1S/C27H25FN2O4/c1-3-33-25-15-19(11-12-24(25)34-17-21-9-4-5-10-22(21)28)14-23-26(31)30(27(32)29-23)16-20-8-6-7-18(2)13-20/h4-15H,3,16-17H2,1-2H3,(H,29,32)/b23-14+. The third kappa shape index (κ3) is 5.26. The first-order chi connectivity index (χ1) is 16.4. The van der Waals surface area contributed by atoms with Crippen molar-refractivity contribution in [1.82, 2.24) is 10.2 Å². The van der Waals surface area contributed by atoms with Crippen LogP contribution < -0.4 is 14.8 Å². The Hall–Kier alpha value is -4.13. The molecular formula is C27H25FN2O4. The minimum absolute atomic E-state index is 0.0512. The van der Waals surface area contributed by atoms with E-state index in [1.54, 1.807) is 42.5 Å². The molecule has 3 aromatic carbocycles. The van der Waals surface area contributed by atoms with Gasteiger partial charge in [0.15, 0.2) is 11.5 Å². The van der Waals surface area contributed by atoms with Crippen molar-refractivity contribution in [3.63, 3.8) is 0 Å². The van der Waals surface area contributed by atoms with Crippen molar-refractivity contribution in [1.29, 1.82) is 0 Å². The van der Waals surface area contributed by atoms with Gasteiger partial charge in [-0.1, -0.05) is 54.1 Å². The summed E-state index contributed by atoms with van der Waals surface area (Å²) >= 11 is 0. The van der Waals surface area contributed by atoms with Gasteiger partial charge in [-0.25, -0.2) is 9.18 Å². The first-order valence-corrected chi connectivity index (χ1v) is 11.0. The van der Waals surface area contributed by atoms with Crippen molar-refractivity contribution in [3.8, 4) is 11.5 Å². The van der Waals surface area contributed by atoms with E-state index in [2.05, 4.69) is 5.32 Å². The summed E-state index contributed by atoms with van der Waals surface area (Å²) in [6.45, 7) is 4.44. The highest BCUT2D eigenvalue weighted by molar-refractivity contribution is 6.13. The van der Waals surface area contributed by atoms with Crippen LogP contribution in [0, 0.1) is 12.7 Å². The summed E-state index contributed by atoms with van der Waals surface area (Å²) in [7, 11) is 0. The van der Waals surface area contributed by atoms with Crippen molar-refractivity contribution in [2.45, 2.75) is 27.0 Å². The molecule has 0 saturated carbocycles. The molecule has 3 amide bonds. The van der Waals surface area contributed by atoms with Crippen molar-refractivity contribution in [2.75, 3.05) is 6.61 Å². The molecule has 1 saturated heterocycles. The lowest BCUT2D eigenvalue weighted by Crippen LogP contribution is -2.30. The lowest BCUT2D eigenvalue weighted by Gasteiger charge is -2.13. The highest BCUT2D eigenvalue weighted by Gasteiger charge is 2.33. The highest BCUT2D eigenvalue weighted by Crippen LogP contribution is 2.31. The van der Waals surface area contributed by atoms with E-state index in [4.69, 9.17) is 9.47 Å². The Morgan fingerprint density at radius 2 is 1.79 bits per heavy atom. The summed E-state index contributed by atoms with van der Waals surface area (Å²) in [5.74, 6) is 0.175. The van der Waals surface area contributed by atoms with Crippen LogP contribution in [-0.2, 0) is 17.9 Å². The molecule has 34 heavy (non-hydrogen) atoms. The molecular weight excluding hydrogens is 435 g/mol. The number of carbonyl (C=O) groups is 2. The number of urea groups is 1. The first kappa shape index (κ1) is 23.0. The fourth-order valence-corrected chi connectivity index (χ4v) is 3.65. The van der Waals surface area contributed by atoms with Crippen LogP contribution in [0.15, 0.2) is 72.4 Å². The van der Waals surface area contributed by atoms with Gasteiger partial charge in [0.05, 0.1) is 13.2 Å². The predicted octanol–water partition coefficient (Wildman–Crippen LogP) is 5.20. The fourth-order valence-electron chi connectivity index (χ4n) is 3.65. The Kier molecular flexibility index (Phi) is 6.92. The van der Waals surface area contributed by atoms with Gasteiger partial charge in [0.25, 0.3) is 5.91 Å². The predicted molar refractivity (Wildman–Crippen MR) is 127 cm³/mol. The van der Waals surface area contributed by atoms with Gasteiger partial charge in [0.1, 0.15) is 18.1 Å². The minimum atomic E-state index is -0.465. The van der Waals surface area contributed by atoms with E-state index in [0.717, 1.165) is 11.1 Å². The zero-order chi connectivity index (χ0) is 24.1. The molecule has 1 fully saturated rings. The van der Waals surface area contributed by atoms with Crippen LogP contribution >= 0.6 is 0 Å². The maximum Gasteiger partial charge on any atom is 0.329 e. The molecule has 4 rings (SSSR count). The highest BCUT2D eigenvalue weighted by atomic mass is 19.1. The van der Waals surface area contributed by atoms with Crippen molar-refractivity contribution in [2.24, 2.45) is 0 Å². The molecule has 6 nitrogen and oxygen atoms in total. The Bertz CT molecular complexity index is 1250. The Morgan fingerprint density at radius 1 is 0.971 bits per heavy atom. The first-order valence-electron chi connectivity index (χ1n) is 11.0. The lowest BCUT2D eigenvalue weighted by atomic mass is 10.1. The Labute approximate surface area is 197 Å². The summed E-state index contributed by atoms with van der Waals surface area (Å²) < 4.78 is 25.4. The van der Waals surface area contributed by atoms with Crippen LogP contribution in [0.3, 0.4) is 0 Å². The van der Waals surface area contributed by atoms with Crippen molar-refractivity contribution < 1.29 is 23.5 Å². The van der Waals surface area contributed by atoms with E-state index in [1.807, 2.05) is 38.1 Å². The van der Waals surface area contributed by atoms with Gasteiger partial charge < -0.3 is 14.8 Å². The summed E-state index contributed by atoms with van der Waals surface area (Å²) in [5.41, 5.74) is 3.20. The van der Waals surface area contributed by atoms with Gasteiger partial charge in [0.2, 0.25) is 0 Å². The number of hydrogen-bond acceptors (Lipinski definition) is 4. The van der Waals surface area contributed by atoms with Crippen LogP contribution in [0.2, 0.25) is 0 Å². The van der Waals surface area contributed by atoms with Gasteiger partial charge in [-0.3, -0.25) is 9.69 Å². The molecule has 0 atom stereocenters. The van der Waals surface area contributed by atoms with Crippen LogP contribution in [0.25, 0.3) is 6.08 Å². The monoisotopic (exact) mass is 460 g/mol. The molecule has 0 radical (unpaired) electrons. The number of carbonyl (C=O) groups excluding carboxylic acids is 2. The van der Waals surface area contributed by atoms with Gasteiger partial charge in [-0.2, -0.15) is 0 Å². The number of nitrogens with zero attached hydrogens (tertiary/aromatic N) is 1. The fraction of sp³-hybridized carbons (Fsp3) is 0.185. The summed E-state index contributed by atoms with van der Waals surface area (Å²) in [5, 5.41) is 2.64. The topological polar surface area (TPSA) is 67.9 Å². The number of halogens is 1. The molecule has 0 unspecified atom stereocenters. The lowest BCUT2D eigenvalue weighted by molar-refractivity contribution is -0.123. The second-order valence-corrected chi connectivity index (χ2v) is 7.89. The molecule has 1 aliphatic heterocycles. The SMILES string of the molecule is CCOc1cc(/C=C2/NC(=O)N(Cc3cccc(C)c3)C2=O)ccc1OCc1ccccc1F. The van der Waals surface area contributed by atoms with Crippen LogP contribution in [0.5, 0.6) is 11.5 Å². The van der Waals surface area contributed by atoms with E-state index < -0.39 is 11.9 Å². The zero-order valence-corrected chi connectivity index (χ0v) is 19.0. The summed E-state index contributed by atoms with van der Waals surface area (Å²) in [4.78, 5) is 26.5. The van der Waals surface area contributed by atoms with E-state index >= 15 is 0 Å². The van der Waals surface area contributed by atoms with Crippen LogP contribution in [0.1, 0.15) is 29.2 Å². The van der Waals surface area contributed by atoms with E-state index in [-0.39, 0.29) is 24.7 Å². The maximum atomic E-state index is 13.9. The Balaban J connectivity index is 1.51. The third-order valence-electron chi connectivity index (χ3n) is 5.31.